The van der Waals surface area contributed by atoms with E-state index in [1.54, 1.807) is 0 Å². The maximum Gasteiger partial charge on any atom is 0.219 e. The molecule has 2 nitrogen and oxygen atoms in total. The van der Waals surface area contributed by atoms with Crippen LogP contribution in [0.3, 0.4) is 0 Å². The Morgan fingerprint density at radius 1 is 0.696 bits per heavy atom. The molecule has 0 bridgehead atoms. The molecule has 0 aliphatic carbocycles. The Morgan fingerprint density at radius 3 is 1.48 bits per heavy atom. The number of amides is 1. The maximum atomic E-state index is 11.1. The van der Waals surface area contributed by atoms with Gasteiger partial charge in [0.15, 0.2) is 0 Å². The van der Waals surface area contributed by atoms with Crippen molar-refractivity contribution in [1.82, 2.24) is 5.32 Å². The van der Waals surface area contributed by atoms with Crippen LogP contribution in [-0.2, 0) is 4.79 Å². The van der Waals surface area contributed by atoms with Crippen LogP contribution in [0, 0.1) is 5.92 Å². The van der Waals surface area contributed by atoms with Crippen molar-refractivity contribution in [2.24, 2.45) is 5.92 Å². The minimum Gasteiger partial charge on any atom is -0.356 e. The summed E-state index contributed by atoms with van der Waals surface area (Å²) in [5.41, 5.74) is 0. The van der Waals surface area contributed by atoms with Crippen LogP contribution in [0.5, 0.6) is 0 Å². The van der Waals surface area contributed by atoms with Crippen molar-refractivity contribution in [1.29, 1.82) is 0 Å². The molecule has 0 rings (SSSR count). The van der Waals surface area contributed by atoms with Gasteiger partial charge in [0.2, 0.25) is 5.91 Å². The van der Waals surface area contributed by atoms with Gasteiger partial charge in [0.25, 0.3) is 0 Å². The maximum absolute atomic E-state index is 11.1. The van der Waals surface area contributed by atoms with E-state index in [0.717, 1.165) is 18.9 Å². The van der Waals surface area contributed by atoms with E-state index in [4.69, 9.17) is 0 Å². The summed E-state index contributed by atoms with van der Waals surface area (Å²) in [7, 11) is 0. The summed E-state index contributed by atoms with van der Waals surface area (Å²) in [6.07, 6.45) is 20.0. The van der Waals surface area contributed by atoms with Gasteiger partial charge in [-0.1, -0.05) is 104 Å². The topological polar surface area (TPSA) is 29.1 Å². The first-order valence-corrected chi connectivity index (χ1v) is 10.4. The van der Waals surface area contributed by atoms with Crippen molar-refractivity contribution in [3.05, 3.63) is 0 Å². The molecule has 0 aromatic heterocycles. The summed E-state index contributed by atoms with van der Waals surface area (Å²) in [6, 6.07) is 0. The van der Waals surface area contributed by atoms with E-state index >= 15 is 0 Å². The third-order valence-electron chi connectivity index (χ3n) is 4.60. The molecule has 0 saturated carbocycles. The summed E-state index contributed by atoms with van der Waals surface area (Å²) in [4.78, 5) is 11.1. The van der Waals surface area contributed by atoms with Gasteiger partial charge in [-0.2, -0.15) is 0 Å². The Hall–Kier alpha value is -0.530. The van der Waals surface area contributed by atoms with Crippen molar-refractivity contribution < 1.29 is 4.79 Å². The molecule has 2 heteroatoms. The second kappa shape index (κ2) is 17.8. The van der Waals surface area contributed by atoms with E-state index in [0.29, 0.717) is 6.42 Å². The molecule has 0 saturated heterocycles. The predicted octanol–water partition coefficient (Wildman–Crippen LogP) is 6.63. The Kier molecular flexibility index (Phi) is 17.4. The average Bonchev–Trinajstić information content (AvgIpc) is 2.53. The van der Waals surface area contributed by atoms with Crippen LogP contribution in [-0.4, -0.2) is 12.5 Å². The molecular formula is C21H43NO. The highest BCUT2D eigenvalue weighted by atomic mass is 16.1. The van der Waals surface area contributed by atoms with Gasteiger partial charge in [0.05, 0.1) is 0 Å². The number of hydrogen-bond acceptors (Lipinski definition) is 1. The Bertz CT molecular complexity index is 250. The molecule has 138 valence electrons. The van der Waals surface area contributed by atoms with Crippen LogP contribution >= 0.6 is 0 Å². The number of rotatable bonds is 17. The fourth-order valence-electron chi connectivity index (χ4n) is 2.97. The fourth-order valence-corrected chi connectivity index (χ4v) is 2.97. The SMILES string of the molecule is CCC(=O)NCCCCCCCCCCCCCCCC(C)C. The van der Waals surface area contributed by atoms with Crippen LogP contribution in [0.25, 0.3) is 0 Å². The molecule has 0 radical (unpaired) electrons. The first kappa shape index (κ1) is 22.5. The van der Waals surface area contributed by atoms with E-state index in [9.17, 15) is 4.79 Å². The highest BCUT2D eigenvalue weighted by Crippen LogP contribution is 2.14. The normalized spacial score (nSPS) is 11.1. The Balaban J connectivity index is 3.01. The van der Waals surface area contributed by atoms with Crippen molar-refractivity contribution in [2.75, 3.05) is 6.54 Å². The zero-order chi connectivity index (χ0) is 17.2. The number of hydrogen-bond donors (Lipinski definition) is 1. The van der Waals surface area contributed by atoms with Gasteiger partial charge in [-0.25, -0.2) is 0 Å². The summed E-state index contributed by atoms with van der Waals surface area (Å²) in [5, 5.41) is 2.94. The zero-order valence-corrected chi connectivity index (χ0v) is 16.3. The second-order valence-electron chi connectivity index (χ2n) is 7.48. The van der Waals surface area contributed by atoms with Crippen molar-refractivity contribution in [3.8, 4) is 0 Å². The van der Waals surface area contributed by atoms with Crippen molar-refractivity contribution >= 4 is 5.91 Å². The molecule has 0 unspecified atom stereocenters. The lowest BCUT2D eigenvalue weighted by Gasteiger charge is -2.05. The molecule has 0 aliphatic heterocycles. The Morgan fingerprint density at radius 2 is 1.09 bits per heavy atom. The third-order valence-corrected chi connectivity index (χ3v) is 4.60. The highest BCUT2D eigenvalue weighted by Gasteiger charge is 1.97. The van der Waals surface area contributed by atoms with Crippen LogP contribution in [0.1, 0.15) is 117 Å². The predicted molar refractivity (Wildman–Crippen MR) is 103 cm³/mol. The summed E-state index contributed by atoms with van der Waals surface area (Å²) < 4.78 is 0. The highest BCUT2D eigenvalue weighted by molar-refractivity contribution is 5.75. The van der Waals surface area contributed by atoms with Crippen LogP contribution in [0.15, 0.2) is 0 Å². The molecule has 0 fully saturated rings. The van der Waals surface area contributed by atoms with Crippen LogP contribution in [0.2, 0.25) is 0 Å². The van der Waals surface area contributed by atoms with E-state index in [-0.39, 0.29) is 5.91 Å². The first-order valence-electron chi connectivity index (χ1n) is 10.4. The molecule has 0 spiro atoms. The largest absolute Gasteiger partial charge is 0.356 e. The van der Waals surface area contributed by atoms with Gasteiger partial charge in [0, 0.05) is 13.0 Å². The van der Waals surface area contributed by atoms with Crippen LogP contribution in [0.4, 0.5) is 0 Å². The lowest BCUT2D eigenvalue weighted by Crippen LogP contribution is -2.23. The van der Waals surface area contributed by atoms with E-state index in [1.807, 2.05) is 6.92 Å². The third kappa shape index (κ3) is 19.4. The van der Waals surface area contributed by atoms with Gasteiger partial charge in [-0.3, -0.25) is 4.79 Å². The molecule has 0 aromatic rings. The molecular weight excluding hydrogens is 282 g/mol. The Labute approximate surface area is 146 Å². The molecule has 1 amide bonds. The van der Waals surface area contributed by atoms with Crippen molar-refractivity contribution in [2.45, 2.75) is 117 Å². The van der Waals surface area contributed by atoms with Gasteiger partial charge >= 0.3 is 0 Å². The minimum atomic E-state index is 0.185. The average molecular weight is 326 g/mol. The van der Waals surface area contributed by atoms with Gasteiger partial charge in [-0.05, 0) is 12.3 Å². The molecule has 1 N–H and O–H groups in total. The summed E-state index contributed by atoms with van der Waals surface area (Å²) in [5.74, 6) is 1.06. The van der Waals surface area contributed by atoms with Crippen LogP contribution < -0.4 is 5.32 Å². The van der Waals surface area contributed by atoms with E-state index < -0.39 is 0 Å². The second-order valence-corrected chi connectivity index (χ2v) is 7.48. The van der Waals surface area contributed by atoms with Gasteiger partial charge < -0.3 is 5.32 Å². The van der Waals surface area contributed by atoms with Gasteiger partial charge in [0.1, 0.15) is 0 Å². The first-order chi connectivity index (χ1) is 11.2. The molecule has 0 aromatic carbocycles. The molecule has 0 heterocycles. The smallest absolute Gasteiger partial charge is 0.219 e. The lowest BCUT2D eigenvalue weighted by atomic mass is 10.0. The molecule has 0 atom stereocenters. The number of nitrogens with one attached hydrogen (secondary N) is 1. The number of carbonyl (C=O) groups is 1. The zero-order valence-electron chi connectivity index (χ0n) is 16.3. The number of carbonyl (C=O) groups excluding carboxylic acids is 1. The van der Waals surface area contributed by atoms with E-state index in [1.165, 1.54) is 83.5 Å². The molecule has 0 aliphatic rings. The quantitative estimate of drug-likeness (QED) is 0.299. The minimum absolute atomic E-state index is 0.185. The lowest BCUT2D eigenvalue weighted by molar-refractivity contribution is -0.120. The van der Waals surface area contributed by atoms with E-state index in [2.05, 4.69) is 19.2 Å². The fraction of sp³-hybridized carbons (Fsp3) is 0.952. The van der Waals surface area contributed by atoms with Crippen molar-refractivity contribution in [3.63, 3.8) is 0 Å². The number of unbranched alkanes of at least 4 members (excludes halogenated alkanes) is 12. The molecule has 23 heavy (non-hydrogen) atoms. The van der Waals surface area contributed by atoms with Gasteiger partial charge in [-0.15, -0.1) is 0 Å². The monoisotopic (exact) mass is 325 g/mol. The summed E-state index contributed by atoms with van der Waals surface area (Å²) >= 11 is 0. The standard InChI is InChI=1S/C21H43NO/c1-4-21(23)22-19-17-15-13-11-9-7-5-6-8-10-12-14-16-18-20(2)3/h20H,4-19H2,1-3H3,(H,22,23). The summed E-state index contributed by atoms with van der Waals surface area (Å²) in [6.45, 7) is 7.42.